The Labute approximate surface area is 156 Å². The van der Waals surface area contributed by atoms with E-state index in [4.69, 9.17) is 5.73 Å². The van der Waals surface area contributed by atoms with Crippen molar-refractivity contribution in [2.24, 2.45) is 5.73 Å². The lowest BCUT2D eigenvalue weighted by Crippen LogP contribution is -2.31. The summed E-state index contributed by atoms with van der Waals surface area (Å²) in [6, 6.07) is 8.52. The number of benzene rings is 1. The Morgan fingerprint density at radius 3 is 2.63 bits per heavy atom. The van der Waals surface area contributed by atoms with Gasteiger partial charge in [0.2, 0.25) is 0 Å². The van der Waals surface area contributed by atoms with Crippen molar-refractivity contribution in [3.05, 3.63) is 54.6 Å². The van der Waals surface area contributed by atoms with Crippen LogP contribution in [0.2, 0.25) is 0 Å². The van der Waals surface area contributed by atoms with Crippen LogP contribution in [0.4, 0.5) is 0 Å². The number of pyridine rings is 1. The Hall–Kier alpha value is -2.91. The third kappa shape index (κ3) is 2.84. The summed E-state index contributed by atoms with van der Waals surface area (Å²) in [6.07, 6.45) is 4.74. The molecule has 4 aromatic rings. The van der Waals surface area contributed by atoms with Gasteiger partial charge in [-0.15, -0.1) is 0 Å². The summed E-state index contributed by atoms with van der Waals surface area (Å²) in [7, 11) is -3.75. The molecule has 3 heterocycles. The smallest absolute Gasteiger partial charge is 0.269 e. The van der Waals surface area contributed by atoms with Crippen molar-refractivity contribution in [1.29, 1.82) is 0 Å². The Balaban J connectivity index is 1.90. The maximum Gasteiger partial charge on any atom is 0.269 e. The summed E-state index contributed by atoms with van der Waals surface area (Å²) in [5.74, 6) is 0. The molecule has 4 rings (SSSR count). The molecule has 0 spiro atoms. The number of nitrogens with zero attached hydrogens (tertiary/aromatic N) is 4. The van der Waals surface area contributed by atoms with Gasteiger partial charge in [-0.2, -0.15) is 0 Å². The average molecular weight is 384 g/mol. The summed E-state index contributed by atoms with van der Waals surface area (Å²) in [5, 5.41) is 0.692. The minimum Gasteiger partial charge on any atom is -0.328 e. The molecule has 27 heavy (non-hydrogen) atoms. The van der Waals surface area contributed by atoms with Crippen molar-refractivity contribution in [2.45, 2.75) is 24.8 Å². The molecule has 0 fully saturated rings. The second kappa shape index (κ2) is 6.36. The highest BCUT2D eigenvalue weighted by atomic mass is 32.2. The molecule has 0 radical (unpaired) electrons. The number of nitrogens with one attached hydrogen (secondary N) is 1. The number of aryl methyl sites for hydroxylation is 1. The fourth-order valence-electron chi connectivity index (χ4n) is 2.97. The van der Waals surface area contributed by atoms with Gasteiger partial charge in [-0.3, -0.25) is 0 Å². The van der Waals surface area contributed by atoms with E-state index >= 15 is 0 Å². The van der Waals surface area contributed by atoms with E-state index in [9.17, 15) is 8.42 Å². The molecule has 9 heteroatoms. The van der Waals surface area contributed by atoms with Crippen molar-refractivity contribution < 1.29 is 8.42 Å². The molecule has 1 unspecified atom stereocenters. The molecular weight excluding hydrogens is 364 g/mol. The zero-order valence-electron chi connectivity index (χ0n) is 15.0. The van der Waals surface area contributed by atoms with Crippen molar-refractivity contribution in [1.82, 2.24) is 18.6 Å². The van der Waals surface area contributed by atoms with Crippen LogP contribution in [0.3, 0.4) is 0 Å². The number of hydrogen-bond acceptors (Lipinski definition) is 6. The standard InChI is InChI=1S/C18H20N6O2S/c1-12-3-5-14(6-4-12)27(25,26)24-8-7-15-17-16(10-20-18(15)24)21-11-23(17)22-13(2)9-19/h3-8,10-11,13,22H,9,19H2,1-2H3. The lowest BCUT2D eigenvalue weighted by molar-refractivity contribution is 0.589. The zero-order chi connectivity index (χ0) is 19.2. The molecule has 0 bridgehead atoms. The van der Waals surface area contributed by atoms with E-state index in [0.717, 1.165) is 11.1 Å². The van der Waals surface area contributed by atoms with Crippen LogP contribution in [0.15, 0.2) is 53.9 Å². The minimum atomic E-state index is -3.75. The van der Waals surface area contributed by atoms with Crippen LogP contribution in [0.25, 0.3) is 22.1 Å². The van der Waals surface area contributed by atoms with Crippen LogP contribution < -0.4 is 11.2 Å². The monoisotopic (exact) mass is 384 g/mol. The van der Waals surface area contributed by atoms with Crippen molar-refractivity contribution in [3.8, 4) is 0 Å². The molecule has 1 aromatic carbocycles. The number of hydrogen-bond donors (Lipinski definition) is 2. The molecule has 0 saturated heterocycles. The molecule has 1 atom stereocenters. The van der Waals surface area contributed by atoms with Crippen LogP contribution in [0, 0.1) is 6.92 Å². The van der Waals surface area contributed by atoms with Crippen molar-refractivity contribution in [3.63, 3.8) is 0 Å². The van der Waals surface area contributed by atoms with Crippen molar-refractivity contribution in [2.75, 3.05) is 12.0 Å². The van der Waals surface area contributed by atoms with E-state index in [2.05, 4.69) is 15.4 Å². The van der Waals surface area contributed by atoms with E-state index in [0.29, 0.717) is 23.1 Å². The Kier molecular flexibility index (Phi) is 4.12. The SMILES string of the molecule is Cc1ccc(S(=O)(=O)n2ccc3c4c(cnc32)ncn4NC(C)CN)cc1. The first-order chi connectivity index (χ1) is 12.9. The Bertz CT molecular complexity index is 1220. The molecule has 0 saturated carbocycles. The summed E-state index contributed by atoms with van der Waals surface area (Å²) < 4.78 is 29.1. The minimum absolute atomic E-state index is 0.0315. The van der Waals surface area contributed by atoms with Gasteiger partial charge >= 0.3 is 0 Å². The molecule has 140 valence electrons. The Morgan fingerprint density at radius 2 is 1.93 bits per heavy atom. The van der Waals surface area contributed by atoms with Crippen molar-refractivity contribution >= 4 is 32.1 Å². The maximum absolute atomic E-state index is 13.1. The normalized spacial score (nSPS) is 13.3. The number of nitrogens with two attached hydrogens (primary N) is 1. The molecule has 0 amide bonds. The average Bonchev–Trinajstić information content (AvgIpc) is 3.26. The van der Waals surface area contributed by atoms with E-state index in [1.807, 2.05) is 13.8 Å². The molecule has 3 aromatic heterocycles. The van der Waals surface area contributed by atoms with E-state index in [1.165, 1.54) is 10.2 Å². The highest BCUT2D eigenvalue weighted by molar-refractivity contribution is 7.90. The molecule has 0 aliphatic heterocycles. The summed E-state index contributed by atoms with van der Waals surface area (Å²) in [6.45, 7) is 4.32. The van der Waals surface area contributed by atoms with Gasteiger partial charge in [-0.25, -0.2) is 27.0 Å². The lowest BCUT2D eigenvalue weighted by Gasteiger charge is -2.14. The van der Waals surface area contributed by atoms with Gasteiger partial charge in [0.25, 0.3) is 10.0 Å². The third-order valence-corrected chi connectivity index (χ3v) is 6.16. The second-order valence-corrected chi connectivity index (χ2v) is 8.35. The summed E-state index contributed by atoms with van der Waals surface area (Å²) in [4.78, 5) is 8.90. The number of aromatic nitrogens is 4. The maximum atomic E-state index is 13.1. The van der Waals surface area contributed by atoms with Gasteiger partial charge in [0.1, 0.15) is 17.4 Å². The first-order valence-electron chi connectivity index (χ1n) is 8.54. The quantitative estimate of drug-likeness (QED) is 0.543. The molecule has 0 aliphatic carbocycles. The van der Waals surface area contributed by atoms with Crippen LogP contribution in [0.5, 0.6) is 0 Å². The van der Waals surface area contributed by atoms with Gasteiger partial charge in [0.15, 0.2) is 5.65 Å². The van der Waals surface area contributed by atoms with E-state index in [-0.39, 0.29) is 10.9 Å². The number of rotatable bonds is 5. The second-order valence-electron chi connectivity index (χ2n) is 6.54. The fraction of sp³-hybridized carbons (Fsp3) is 0.222. The van der Waals surface area contributed by atoms with Gasteiger partial charge in [0, 0.05) is 18.1 Å². The molecular formula is C18H20N6O2S. The van der Waals surface area contributed by atoms with Crippen LogP contribution >= 0.6 is 0 Å². The number of fused-ring (bicyclic) bond motifs is 3. The summed E-state index contributed by atoms with van der Waals surface area (Å²) in [5.41, 5.74) is 11.7. The third-order valence-electron chi connectivity index (χ3n) is 4.48. The fourth-order valence-corrected chi connectivity index (χ4v) is 4.27. The zero-order valence-corrected chi connectivity index (χ0v) is 15.8. The molecule has 3 N–H and O–H groups in total. The van der Waals surface area contributed by atoms with Crippen LogP contribution in [-0.2, 0) is 10.0 Å². The predicted molar refractivity (Wildman–Crippen MR) is 105 cm³/mol. The van der Waals surface area contributed by atoms with E-state index in [1.54, 1.807) is 47.5 Å². The predicted octanol–water partition coefficient (Wildman–Crippen LogP) is 1.82. The van der Waals surface area contributed by atoms with Crippen LogP contribution in [-0.4, -0.2) is 39.6 Å². The lowest BCUT2D eigenvalue weighted by atomic mass is 10.2. The van der Waals surface area contributed by atoms with Gasteiger partial charge in [-0.05, 0) is 32.0 Å². The molecule has 0 aliphatic rings. The highest BCUT2D eigenvalue weighted by Gasteiger charge is 2.21. The first-order valence-corrected chi connectivity index (χ1v) is 9.98. The largest absolute Gasteiger partial charge is 0.328 e. The van der Waals surface area contributed by atoms with Crippen LogP contribution in [0.1, 0.15) is 12.5 Å². The Morgan fingerprint density at radius 1 is 1.19 bits per heavy atom. The number of imidazole rings is 1. The summed E-state index contributed by atoms with van der Waals surface area (Å²) >= 11 is 0. The first kappa shape index (κ1) is 17.5. The van der Waals surface area contributed by atoms with Gasteiger partial charge < -0.3 is 11.2 Å². The van der Waals surface area contributed by atoms with Gasteiger partial charge in [-0.1, -0.05) is 17.7 Å². The molecule has 8 nitrogen and oxygen atoms in total. The van der Waals surface area contributed by atoms with Gasteiger partial charge in [0.05, 0.1) is 17.1 Å². The van der Waals surface area contributed by atoms with E-state index < -0.39 is 10.0 Å². The highest BCUT2D eigenvalue weighted by Crippen LogP contribution is 2.26. The topological polar surface area (TPSA) is 108 Å².